The van der Waals surface area contributed by atoms with Crippen LogP contribution in [-0.4, -0.2) is 59.5 Å². The summed E-state index contributed by atoms with van der Waals surface area (Å²) in [7, 11) is 0. The number of hydrogen-bond acceptors (Lipinski definition) is 5. The molecule has 1 saturated heterocycles. The van der Waals surface area contributed by atoms with E-state index in [2.05, 4.69) is 30.1 Å². The number of likely N-dealkylation sites (tertiary alicyclic amines) is 1. The number of hydrogen-bond donors (Lipinski definition) is 2. The molecule has 1 aromatic rings. The molecular formula is C23H33F3N2O3S. The molecule has 0 radical (unpaired) electrons. The Bertz CT molecular complexity index is 850. The first-order chi connectivity index (χ1) is 14.9. The van der Waals surface area contributed by atoms with Crippen LogP contribution in [0.5, 0.6) is 0 Å². The van der Waals surface area contributed by atoms with E-state index in [0.29, 0.717) is 31.7 Å². The molecule has 1 unspecified atom stereocenters. The number of carbonyl (C=O) groups is 1. The van der Waals surface area contributed by atoms with Gasteiger partial charge in [-0.2, -0.15) is 13.2 Å². The normalized spacial score (nSPS) is 32.8. The second kappa shape index (κ2) is 8.56. The molecule has 3 atom stereocenters. The molecule has 4 rings (SSSR count). The first-order valence-corrected chi connectivity index (χ1v) is 12.4. The molecule has 2 aliphatic heterocycles. The van der Waals surface area contributed by atoms with Gasteiger partial charge < -0.3 is 20.1 Å². The van der Waals surface area contributed by atoms with Crippen molar-refractivity contribution in [2.75, 3.05) is 19.7 Å². The van der Waals surface area contributed by atoms with Crippen LogP contribution in [0.25, 0.3) is 0 Å². The van der Waals surface area contributed by atoms with Crippen molar-refractivity contribution in [3.8, 4) is 0 Å². The van der Waals surface area contributed by atoms with Crippen molar-refractivity contribution in [1.82, 2.24) is 10.2 Å². The maximum absolute atomic E-state index is 12.8. The van der Waals surface area contributed by atoms with Gasteiger partial charge in [-0.05, 0) is 63.5 Å². The van der Waals surface area contributed by atoms with E-state index in [-0.39, 0.29) is 11.6 Å². The maximum atomic E-state index is 12.8. The summed E-state index contributed by atoms with van der Waals surface area (Å²) in [4.78, 5) is 17.2. The number of aliphatic hydroxyl groups is 1. The Labute approximate surface area is 191 Å². The quantitative estimate of drug-likeness (QED) is 0.682. The summed E-state index contributed by atoms with van der Waals surface area (Å²) in [5.74, 6) is -1.03. The molecule has 1 spiro atoms. The molecule has 1 aliphatic carbocycles. The van der Waals surface area contributed by atoms with Gasteiger partial charge in [-0.1, -0.05) is 6.92 Å². The first kappa shape index (κ1) is 24.0. The zero-order chi connectivity index (χ0) is 23.3. The van der Waals surface area contributed by atoms with E-state index in [0.717, 1.165) is 45.4 Å². The number of rotatable bonds is 5. The number of aryl methyl sites for hydroxylation is 1. The Morgan fingerprint density at radius 2 is 2.12 bits per heavy atom. The number of halogens is 3. The number of ether oxygens (including phenoxy) is 1. The minimum atomic E-state index is -4.99. The Hall–Kier alpha value is -1.16. The smallest absolute Gasteiger partial charge is 0.373 e. The van der Waals surface area contributed by atoms with E-state index < -0.39 is 17.7 Å². The number of carbonyl (C=O) groups excluding carboxylic acids is 1. The lowest BCUT2D eigenvalue weighted by molar-refractivity contribution is -0.245. The predicted molar refractivity (Wildman–Crippen MR) is 117 cm³/mol. The van der Waals surface area contributed by atoms with Crippen LogP contribution in [0.2, 0.25) is 0 Å². The minimum absolute atomic E-state index is 0.188. The van der Waals surface area contributed by atoms with E-state index in [1.54, 1.807) is 0 Å². The summed E-state index contributed by atoms with van der Waals surface area (Å²) in [6, 6.07) is 2.38. The van der Waals surface area contributed by atoms with Gasteiger partial charge in [-0.15, -0.1) is 11.3 Å². The van der Waals surface area contributed by atoms with Crippen molar-refractivity contribution < 1.29 is 27.8 Å². The highest BCUT2D eigenvalue weighted by Crippen LogP contribution is 2.46. The van der Waals surface area contributed by atoms with Crippen LogP contribution in [0.4, 0.5) is 13.2 Å². The second-order valence-corrected chi connectivity index (χ2v) is 11.1. The summed E-state index contributed by atoms with van der Waals surface area (Å²) >= 11 is 1.92. The third-order valence-electron chi connectivity index (χ3n) is 7.52. The van der Waals surface area contributed by atoms with Gasteiger partial charge in [-0.3, -0.25) is 4.79 Å². The monoisotopic (exact) mass is 474 g/mol. The second-order valence-electron chi connectivity index (χ2n) is 9.87. The van der Waals surface area contributed by atoms with Gasteiger partial charge in [0, 0.05) is 41.3 Å². The molecule has 3 aliphatic rings. The Balaban J connectivity index is 1.29. The summed E-state index contributed by atoms with van der Waals surface area (Å²) in [5, 5.41) is 11.9. The van der Waals surface area contributed by atoms with Crippen molar-refractivity contribution in [2.24, 2.45) is 5.92 Å². The molecule has 1 aromatic heterocycles. The topological polar surface area (TPSA) is 61.8 Å². The zero-order valence-electron chi connectivity index (χ0n) is 18.9. The summed E-state index contributed by atoms with van der Waals surface area (Å²) in [5.41, 5.74) is -2.15. The standard InChI is InChI=1S/C23H33F3N2O3S/c1-4-17-11-18-19(32-17)5-8-31-22(18)6-7-28(14(2)12-22)13-15-9-16(10-15)27-20(29)21(3,30)23(24,25)26/h11,14-16,30H,4-10,12-13H2,1-3H3,(H,27,29)/t14-,15?,16?,21?,22+/m0/s1. The number of amides is 1. The number of piperidine rings is 1. The lowest BCUT2D eigenvalue weighted by Crippen LogP contribution is -2.59. The molecule has 5 nitrogen and oxygen atoms in total. The molecule has 2 N–H and O–H groups in total. The van der Waals surface area contributed by atoms with E-state index in [9.17, 15) is 23.1 Å². The fourth-order valence-corrected chi connectivity index (χ4v) is 6.51. The lowest BCUT2D eigenvalue weighted by atomic mass is 9.76. The van der Waals surface area contributed by atoms with Gasteiger partial charge in [-0.25, -0.2) is 0 Å². The predicted octanol–water partition coefficient (Wildman–Crippen LogP) is 3.77. The lowest BCUT2D eigenvalue weighted by Gasteiger charge is -2.49. The van der Waals surface area contributed by atoms with Gasteiger partial charge in [0.05, 0.1) is 12.2 Å². The van der Waals surface area contributed by atoms with Crippen LogP contribution in [0, 0.1) is 5.92 Å². The van der Waals surface area contributed by atoms with Crippen LogP contribution in [0.15, 0.2) is 6.07 Å². The molecule has 0 aromatic carbocycles. The van der Waals surface area contributed by atoms with Crippen molar-refractivity contribution >= 4 is 17.2 Å². The average Bonchev–Trinajstić information content (AvgIpc) is 3.12. The van der Waals surface area contributed by atoms with Crippen molar-refractivity contribution in [2.45, 2.75) is 88.8 Å². The van der Waals surface area contributed by atoms with Gasteiger partial charge in [0.1, 0.15) is 0 Å². The SMILES string of the molecule is CCc1cc2c(s1)CCO[C@@]21CCN(CC2CC(NC(=O)C(C)(O)C(F)(F)F)C2)[C@@H](C)C1. The van der Waals surface area contributed by atoms with Gasteiger partial charge in [0.2, 0.25) is 5.60 Å². The number of nitrogens with one attached hydrogen (secondary N) is 1. The van der Waals surface area contributed by atoms with E-state index in [4.69, 9.17) is 4.74 Å². The number of alkyl halides is 3. The molecule has 1 amide bonds. The molecule has 0 bridgehead atoms. The van der Waals surface area contributed by atoms with Crippen LogP contribution in [-0.2, 0) is 28.0 Å². The van der Waals surface area contributed by atoms with E-state index in [1.165, 1.54) is 15.3 Å². The summed E-state index contributed by atoms with van der Waals surface area (Å²) in [6.45, 7) is 7.48. The van der Waals surface area contributed by atoms with Gasteiger partial charge in [0.25, 0.3) is 5.91 Å². The summed E-state index contributed by atoms with van der Waals surface area (Å²) in [6.07, 6.45) is 0.231. The average molecular weight is 475 g/mol. The Kier molecular flexibility index (Phi) is 6.42. The number of thiophene rings is 1. The number of nitrogens with zero attached hydrogens (tertiary/aromatic N) is 1. The largest absolute Gasteiger partial charge is 0.426 e. The van der Waals surface area contributed by atoms with Crippen molar-refractivity contribution in [3.63, 3.8) is 0 Å². The van der Waals surface area contributed by atoms with Crippen LogP contribution in [0.1, 0.15) is 61.8 Å². The third kappa shape index (κ3) is 4.33. The third-order valence-corrected chi connectivity index (χ3v) is 8.86. The van der Waals surface area contributed by atoms with Crippen molar-refractivity contribution in [1.29, 1.82) is 0 Å². The van der Waals surface area contributed by atoms with Crippen LogP contribution in [0.3, 0.4) is 0 Å². The highest BCUT2D eigenvalue weighted by molar-refractivity contribution is 7.12. The van der Waals surface area contributed by atoms with Crippen molar-refractivity contribution in [3.05, 3.63) is 21.4 Å². The molecule has 32 heavy (non-hydrogen) atoms. The molecule has 180 valence electrons. The zero-order valence-corrected chi connectivity index (χ0v) is 19.7. The maximum Gasteiger partial charge on any atom is 0.426 e. The fourth-order valence-electron chi connectivity index (χ4n) is 5.34. The first-order valence-electron chi connectivity index (χ1n) is 11.6. The molecule has 3 heterocycles. The molecule has 1 saturated carbocycles. The Morgan fingerprint density at radius 3 is 2.75 bits per heavy atom. The minimum Gasteiger partial charge on any atom is -0.373 e. The van der Waals surface area contributed by atoms with Gasteiger partial charge >= 0.3 is 6.18 Å². The highest BCUT2D eigenvalue weighted by atomic mass is 32.1. The fraction of sp³-hybridized carbons (Fsp3) is 0.783. The highest BCUT2D eigenvalue weighted by Gasteiger charge is 2.56. The molecular weight excluding hydrogens is 441 g/mol. The van der Waals surface area contributed by atoms with Crippen LogP contribution < -0.4 is 5.32 Å². The summed E-state index contributed by atoms with van der Waals surface area (Å²) < 4.78 is 44.9. The van der Waals surface area contributed by atoms with E-state index >= 15 is 0 Å². The molecule has 9 heteroatoms. The number of fused-ring (bicyclic) bond motifs is 2. The van der Waals surface area contributed by atoms with Crippen LogP contribution >= 0.6 is 11.3 Å². The van der Waals surface area contributed by atoms with Gasteiger partial charge in [0.15, 0.2) is 0 Å². The Morgan fingerprint density at radius 1 is 1.41 bits per heavy atom. The molecule has 2 fully saturated rings. The van der Waals surface area contributed by atoms with E-state index in [1.807, 2.05) is 11.3 Å².